The SMILES string of the molecule is O=c1ccn(CCN2CCCC2)o1. The zero-order chi connectivity index (χ0) is 9.10. The number of nitrogens with zero attached hydrogens (tertiary/aromatic N) is 2. The minimum Gasteiger partial charge on any atom is -0.337 e. The van der Waals surface area contributed by atoms with Crippen LogP contribution in [0.5, 0.6) is 0 Å². The Morgan fingerprint density at radius 3 is 2.69 bits per heavy atom. The lowest BCUT2D eigenvalue weighted by Gasteiger charge is -2.13. The van der Waals surface area contributed by atoms with Gasteiger partial charge >= 0.3 is 5.63 Å². The lowest BCUT2D eigenvalue weighted by Crippen LogP contribution is -2.23. The minimum atomic E-state index is -0.263. The highest BCUT2D eigenvalue weighted by Gasteiger charge is 2.10. The molecule has 4 nitrogen and oxygen atoms in total. The van der Waals surface area contributed by atoms with Gasteiger partial charge in [0, 0.05) is 18.8 Å². The highest BCUT2D eigenvalue weighted by atomic mass is 16.5. The van der Waals surface area contributed by atoms with Crippen molar-refractivity contribution in [2.75, 3.05) is 19.6 Å². The summed E-state index contributed by atoms with van der Waals surface area (Å²) < 4.78 is 6.48. The lowest BCUT2D eigenvalue weighted by atomic mass is 10.4. The Labute approximate surface area is 76.7 Å². The zero-order valence-corrected chi connectivity index (χ0v) is 7.61. The van der Waals surface area contributed by atoms with E-state index in [2.05, 4.69) is 4.90 Å². The topological polar surface area (TPSA) is 38.4 Å². The third-order valence-corrected chi connectivity index (χ3v) is 2.42. The van der Waals surface area contributed by atoms with Crippen LogP contribution in [0, 0.1) is 0 Å². The van der Waals surface area contributed by atoms with Crippen molar-refractivity contribution in [3.63, 3.8) is 0 Å². The van der Waals surface area contributed by atoms with Crippen molar-refractivity contribution in [1.82, 2.24) is 9.64 Å². The molecule has 1 aromatic rings. The first kappa shape index (κ1) is 8.56. The Morgan fingerprint density at radius 2 is 2.08 bits per heavy atom. The molecule has 0 amide bonds. The maximum absolute atomic E-state index is 10.7. The van der Waals surface area contributed by atoms with Gasteiger partial charge < -0.3 is 9.42 Å². The summed E-state index contributed by atoms with van der Waals surface area (Å²) in [6, 6.07) is 1.45. The molecular formula is C9H14N2O2. The number of likely N-dealkylation sites (tertiary alicyclic amines) is 1. The standard InChI is InChI=1S/C9H14N2O2/c12-9-3-6-11(13-9)8-7-10-4-1-2-5-10/h3,6H,1-2,4-5,7-8H2. The summed E-state index contributed by atoms with van der Waals surface area (Å²) >= 11 is 0. The van der Waals surface area contributed by atoms with Crippen LogP contribution in [0.15, 0.2) is 21.6 Å². The van der Waals surface area contributed by atoms with E-state index >= 15 is 0 Å². The van der Waals surface area contributed by atoms with E-state index in [4.69, 9.17) is 4.52 Å². The van der Waals surface area contributed by atoms with Crippen molar-refractivity contribution < 1.29 is 4.52 Å². The highest BCUT2D eigenvalue weighted by molar-refractivity contribution is 4.75. The molecule has 0 unspecified atom stereocenters. The normalized spacial score (nSPS) is 18.2. The number of rotatable bonds is 3. The average molecular weight is 182 g/mol. The maximum Gasteiger partial charge on any atom is 0.357 e. The third kappa shape index (κ3) is 2.21. The van der Waals surface area contributed by atoms with Crippen LogP contribution < -0.4 is 5.63 Å². The molecule has 1 aliphatic rings. The van der Waals surface area contributed by atoms with Crippen molar-refractivity contribution >= 4 is 0 Å². The predicted molar refractivity (Wildman–Crippen MR) is 48.6 cm³/mol. The summed E-state index contributed by atoms with van der Waals surface area (Å²) in [5.74, 6) is 0. The van der Waals surface area contributed by atoms with Crippen LogP contribution in [0.2, 0.25) is 0 Å². The highest BCUT2D eigenvalue weighted by Crippen LogP contribution is 2.06. The van der Waals surface area contributed by atoms with E-state index in [0.29, 0.717) is 0 Å². The van der Waals surface area contributed by atoms with Gasteiger partial charge in [0.1, 0.15) is 0 Å². The Balaban J connectivity index is 1.82. The van der Waals surface area contributed by atoms with Crippen molar-refractivity contribution in [3.05, 3.63) is 22.7 Å². The molecule has 1 aliphatic heterocycles. The molecule has 0 spiro atoms. The summed E-state index contributed by atoms with van der Waals surface area (Å²) in [6.07, 6.45) is 4.30. The summed E-state index contributed by atoms with van der Waals surface area (Å²) in [5, 5.41) is 0. The van der Waals surface area contributed by atoms with E-state index in [-0.39, 0.29) is 5.63 Å². The van der Waals surface area contributed by atoms with Crippen LogP contribution in [-0.2, 0) is 6.54 Å². The average Bonchev–Trinajstić information content (AvgIpc) is 2.71. The van der Waals surface area contributed by atoms with Crippen molar-refractivity contribution in [2.45, 2.75) is 19.4 Å². The molecule has 0 saturated carbocycles. The molecule has 0 atom stereocenters. The van der Waals surface area contributed by atoms with Crippen molar-refractivity contribution in [1.29, 1.82) is 0 Å². The first-order valence-corrected chi connectivity index (χ1v) is 4.74. The Kier molecular flexibility index (Phi) is 2.49. The fourth-order valence-electron chi connectivity index (χ4n) is 1.69. The summed E-state index contributed by atoms with van der Waals surface area (Å²) in [6.45, 7) is 4.14. The molecule has 1 fully saturated rings. The monoisotopic (exact) mass is 182 g/mol. The van der Waals surface area contributed by atoms with Crippen molar-refractivity contribution in [2.24, 2.45) is 0 Å². The fourth-order valence-corrected chi connectivity index (χ4v) is 1.69. The van der Waals surface area contributed by atoms with Gasteiger partial charge in [0.05, 0.1) is 6.54 Å². The zero-order valence-electron chi connectivity index (χ0n) is 7.61. The molecule has 1 saturated heterocycles. The van der Waals surface area contributed by atoms with Crippen LogP contribution in [0.4, 0.5) is 0 Å². The van der Waals surface area contributed by atoms with Gasteiger partial charge in [0.2, 0.25) is 0 Å². The van der Waals surface area contributed by atoms with E-state index in [0.717, 1.165) is 13.1 Å². The smallest absolute Gasteiger partial charge is 0.337 e. The second-order valence-electron chi connectivity index (χ2n) is 3.42. The first-order chi connectivity index (χ1) is 6.34. The second kappa shape index (κ2) is 3.79. The van der Waals surface area contributed by atoms with Gasteiger partial charge in [0.15, 0.2) is 0 Å². The molecule has 0 bridgehead atoms. The van der Waals surface area contributed by atoms with Crippen molar-refractivity contribution in [3.8, 4) is 0 Å². The molecule has 13 heavy (non-hydrogen) atoms. The summed E-state index contributed by atoms with van der Waals surface area (Å²) in [4.78, 5) is 13.1. The Bertz CT molecular complexity index is 309. The first-order valence-electron chi connectivity index (χ1n) is 4.74. The van der Waals surface area contributed by atoms with E-state index in [1.807, 2.05) is 0 Å². The lowest BCUT2D eigenvalue weighted by molar-refractivity contribution is 0.214. The van der Waals surface area contributed by atoms with E-state index < -0.39 is 0 Å². The maximum atomic E-state index is 10.7. The molecule has 4 heteroatoms. The summed E-state index contributed by atoms with van der Waals surface area (Å²) in [5.41, 5.74) is -0.263. The quantitative estimate of drug-likeness (QED) is 0.684. The molecular weight excluding hydrogens is 168 g/mol. The molecule has 72 valence electrons. The van der Waals surface area contributed by atoms with E-state index in [1.165, 1.54) is 32.0 Å². The molecule has 0 N–H and O–H groups in total. The van der Waals surface area contributed by atoms with Gasteiger partial charge in [-0.1, -0.05) is 0 Å². The van der Waals surface area contributed by atoms with Gasteiger partial charge in [-0.3, -0.25) is 0 Å². The van der Waals surface area contributed by atoms with Crippen LogP contribution in [0.1, 0.15) is 12.8 Å². The van der Waals surface area contributed by atoms with Gasteiger partial charge in [-0.15, -0.1) is 0 Å². The van der Waals surface area contributed by atoms with Gasteiger partial charge in [-0.2, -0.15) is 0 Å². The predicted octanol–water partition coefficient (Wildman–Crippen LogP) is 0.537. The van der Waals surface area contributed by atoms with Gasteiger partial charge in [0.25, 0.3) is 0 Å². The number of hydrogen-bond acceptors (Lipinski definition) is 3. The number of aromatic nitrogens is 1. The molecule has 2 rings (SSSR count). The van der Waals surface area contributed by atoms with E-state index in [9.17, 15) is 4.79 Å². The molecule has 2 heterocycles. The van der Waals surface area contributed by atoms with Gasteiger partial charge in [-0.25, -0.2) is 9.53 Å². The summed E-state index contributed by atoms with van der Waals surface area (Å²) in [7, 11) is 0. The molecule has 1 aromatic heterocycles. The largest absolute Gasteiger partial charge is 0.357 e. The second-order valence-corrected chi connectivity index (χ2v) is 3.42. The van der Waals surface area contributed by atoms with Crippen LogP contribution in [0.3, 0.4) is 0 Å². The van der Waals surface area contributed by atoms with Crippen LogP contribution >= 0.6 is 0 Å². The fraction of sp³-hybridized carbons (Fsp3) is 0.667. The van der Waals surface area contributed by atoms with E-state index in [1.54, 1.807) is 10.9 Å². The Morgan fingerprint density at radius 1 is 1.31 bits per heavy atom. The molecule has 0 aromatic carbocycles. The molecule has 0 radical (unpaired) electrons. The molecule has 0 aliphatic carbocycles. The third-order valence-electron chi connectivity index (χ3n) is 2.42. The number of hydrogen-bond donors (Lipinski definition) is 0. The van der Waals surface area contributed by atoms with Crippen LogP contribution in [-0.4, -0.2) is 29.3 Å². The van der Waals surface area contributed by atoms with Crippen LogP contribution in [0.25, 0.3) is 0 Å². The Hall–Kier alpha value is -1.03. The van der Waals surface area contributed by atoms with Gasteiger partial charge in [-0.05, 0) is 25.9 Å². The minimum absolute atomic E-state index is 0.263.